The molecule has 4 aromatic rings. The van der Waals surface area contributed by atoms with Gasteiger partial charge < -0.3 is 30.3 Å². The van der Waals surface area contributed by atoms with Crippen molar-refractivity contribution in [1.29, 1.82) is 0 Å². The van der Waals surface area contributed by atoms with Crippen LogP contribution in [-0.2, 0) is 13.1 Å². The molecule has 8 heteroatoms. The third kappa shape index (κ3) is 5.40. The van der Waals surface area contributed by atoms with Gasteiger partial charge in [-0.15, -0.1) is 0 Å². The first kappa shape index (κ1) is 26.7. The van der Waals surface area contributed by atoms with Crippen molar-refractivity contribution in [2.24, 2.45) is 5.73 Å². The van der Waals surface area contributed by atoms with Crippen LogP contribution in [0.5, 0.6) is 11.5 Å². The van der Waals surface area contributed by atoms with Gasteiger partial charge in [-0.05, 0) is 91.4 Å². The van der Waals surface area contributed by atoms with Crippen LogP contribution >= 0.6 is 0 Å². The van der Waals surface area contributed by atoms with Gasteiger partial charge in [0, 0.05) is 37.6 Å². The molecule has 3 aliphatic heterocycles. The Bertz CT molecular complexity index is 1600. The number of nitrogens with zero attached hydrogens (tertiary/aromatic N) is 3. The van der Waals surface area contributed by atoms with Crippen LogP contribution in [0.25, 0.3) is 22.0 Å². The van der Waals surface area contributed by atoms with Gasteiger partial charge in [0.2, 0.25) is 6.79 Å². The first-order valence-corrected chi connectivity index (χ1v) is 15.0. The maximum atomic E-state index is 14.3. The molecule has 3 aliphatic rings. The summed E-state index contributed by atoms with van der Waals surface area (Å²) in [7, 11) is 0. The summed E-state index contributed by atoms with van der Waals surface area (Å²) >= 11 is 0. The van der Waals surface area contributed by atoms with Gasteiger partial charge in [0.25, 0.3) is 5.91 Å². The topological polar surface area (TPSA) is 93.0 Å². The van der Waals surface area contributed by atoms with Crippen LogP contribution in [0.3, 0.4) is 0 Å². The average molecular weight is 564 g/mol. The Labute approximate surface area is 246 Å². The Morgan fingerprint density at radius 1 is 0.881 bits per heavy atom. The van der Waals surface area contributed by atoms with Gasteiger partial charge in [0.15, 0.2) is 11.5 Å². The monoisotopic (exact) mass is 563 g/mol. The molecule has 1 amide bonds. The number of carbonyl (C=O) groups is 1. The van der Waals surface area contributed by atoms with E-state index in [0.29, 0.717) is 24.5 Å². The number of benzene rings is 3. The zero-order valence-corrected chi connectivity index (χ0v) is 23.9. The average Bonchev–Trinajstić information content (AvgIpc) is 3.82. The Balaban J connectivity index is 1.23. The lowest BCUT2D eigenvalue weighted by Crippen LogP contribution is -2.42. The number of hydrogen-bond acceptors (Lipinski definition) is 7. The minimum absolute atomic E-state index is 0.0854. The third-order valence-electron chi connectivity index (χ3n) is 8.78. The fourth-order valence-corrected chi connectivity index (χ4v) is 6.45. The highest BCUT2D eigenvalue weighted by molar-refractivity contribution is 6.08. The second-order valence-electron chi connectivity index (χ2n) is 11.5. The lowest BCUT2D eigenvalue weighted by Gasteiger charge is -2.29. The van der Waals surface area contributed by atoms with Crippen LogP contribution in [0.4, 0.5) is 5.82 Å². The maximum absolute atomic E-state index is 14.3. The molecular formula is C34H37N5O3. The van der Waals surface area contributed by atoms with Crippen molar-refractivity contribution in [3.8, 4) is 22.6 Å². The number of rotatable bonds is 8. The molecule has 0 radical (unpaired) electrons. The summed E-state index contributed by atoms with van der Waals surface area (Å²) < 4.78 is 11.1. The van der Waals surface area contributed by atoms with E-state index in [1.54, 1.807) is 0 Å². The van der Waals surface area contributed by atoms with Crippen molar-refractivity contribution in [3.05, 3.63) is 83.4 Å². The van der Waals surface area contributed by atoms with Crippen LogP contribution in [-0.4, -0.2) is 59.7 Å². The van der Waals surface area contributed by atoms with Crippen molar-refractivity contribution in [2.45, 2.75) is 44.8 Å². The van der Waals surface area contributed by atoms with Gasteiger partial charge in [0.05, 0.1) is 11.1 Å². The zero-order chi connectivity index (χ0) is 28.5. The molecule has 42 heavy (non-hydrogen) atoms. The molecule has 0 saturated carbocycles. The number of anilines is 1. The molecule has 8 nitrogen and oxygen atoms in total. The fourth-order valence-electron chi connectivity index (χ4n) is 6.45. The number of amides is 1. The van der Waals surface area contributed by atoms with Gasteiger partial charge in [-0.3, -0.25) is 4.79 Å². The smallest absolute Gasteiger partial charge is 0.254 e. The van der Waals surface area contributed by atoms with E-state index in [-0.39, 0.29) is 18.7 Å². The van der Waals surface area contributed by atoms with E-state index in [9.17, 15) is 4.79 Å². The third-order valence-corrected chi connectivity index (χ3v) is 8.78. The van der Waals surface area contributed by atoms with Crippen molar-refractivity contribution >= 4 is 22.6 Å². The van der Waals surface area contributed by atoms with Crippen molar-refractivity contribution in [1.82, 2.24) is 14.8 Å². The largest absolute Gasteiger partial charge is 0.454 e. The molecular weight excluding hydrogens is 526 g/mol. The molecule has 0 bridgehead atoms. The normalized spacial score (nSPS) is 18.2. The molecule has 0 aliphatic carbocycles. The zero-order valence-electron chi connectivity index (χ0n) is 23.9. The van der Waals surface area contributed by atoms with Crippen LogP contribution < -0.4 is 20.5 Å². The lowest BCUT2D eigenvalue weighted by molar-refractivity contribution is 0.0710. The van der Waals surface area contributed by atoms with Gasteiger partial charge in [-0.2, -0.15) is 0 Å². The van der Waals surface area contributed by atoms with Crippen molar-refractivity contribution < 1.29 is 14.3 Å². The number of ether oxygens (including phenoxy) is 2. The van der Waals surface area contributed by atoms with E-state index in [1.807, 2.05) is 42.5 Å². The van der Waals surface area contributed by atoms with Crippen molar-refractivity contribution in [2.75, 3.05) is 38.3 Å². The van der Waals surface area contributed by atoms with Crippen LogP contribution in [0.1, 0.15) is 47.2 Å². The molecule has 0 spiro atoms. The quantitative estimate of drug-likeness (QED) is 0.297. The molecule has 1 atom stereocenters. The number of nitrogens with one attached hydrogen (secondary N) is 1. The standard InChI is InChI=1S/C34H37N5O3/c35-19-23-5-7-24(8-6-23)20-36-33-18-29(34(40)39-15-3-4-27(39)21-38-13-1-2-14-38)28-16-25(9-11-30(28)37-33)26-10-12-31-32(17-26)42-22-41-31/h5-12,16-18,27H,1-4,13-15,19-22,35H2,(H,36,37)/t27-/m0/s1. The molecule has 3 aromatic carbocycles. The summed E-state index contributed by atoms with van der Waals surface area (Å²) in [6.07, 6.45) is 4.60. The summed E-state index contributed by atoms with van der Waals surface area (Å²) in [6.45, 7) is 5.38. The van der Waals surface area contributed by atoms with E-state index in [1.165, 1.54) is 12.8 Å². The maximum Gasteiger partial charge on any atom is 0.254 e. The second kappa shape index (κ2) is 11.6. The predicted molar refractivity (Wildman–Crippen MR) is 165 cm³/mol. The number of carbonyl (C=O) groups excluding carboxylic acids is 1. The first-order chi connectivity index (χ1) is 20.6. The molecule has 216 valence electrons. The molecule has 0 unspecified atom stereocenters. The van der Waals surface area contributed by atoms with Gasteiger partial charge in [-0.25, -0.2) is 4.98 Å². The number of aromatic nitrogens is 1. The van der Waals surface area contributed by atoms with E-state index in [2.05, 4.69) is 39.4 Å². The second-order valence-corrected chi connectivity index (χ2v) is 11.5. The number of pyridine rings is 1. The van der Waals surface area contributed by atoms with Crippen LogP contribution in [0, 0.1) is 0 Å². The summed E-state index contributed by atoms with van der Waals surface area (Å²) in [5, 5.41) is 4.33. The number of likely N-dealkylation sites (tertiary alicyclic amines) is 2. The van der Waals surface area contributed by atoms with Crippen molar-refractivity contribution in [3.63, 3.8) is 0 Å². The minimum Gasteiger partial charge on any atom is -0.454 e. The van der Waals surface area contributed by atoms with Gasteiger partial charge in [0.1, 0.15) is 5.82 Å². The van der Waals surface area contributed by atoms with E-state index >= 15 is 0 Å². The predicted octanol–water partition coefficient (Wildman–Crippen LogP) is 5.40. The molecule has 2 saturated heterocycles. The van der Waals surface area contributed by atoms with E-state index in [0.717, 1.165) is 83.7 Å². The summed E-state index contributed by atoms with van der Waals surface area (Å²) in [5.41, 5.74) is 11.5. The Kier molecular flexibility index (Phi) is 7.40. The highest BCUT2D eigenvalue weighted by Crippen LogP contribution is 2.37. The molecule has 3 N–H and O–H groups in total. The van der Waals surface area contributed by atoms with Gasteiger partial charge >= 0.3 is 0 Å². The summed E-state index contributed by atoms with van der Waals surface area (Å²) in [5.74, 6) is 2.27. The Morgan fingerprint density at radius 3 is 2.48 bits per heavy atom. The fraction of sp³-hybridized carbons (Fsp3) is 0.353. The van der Waals surface area contributed by atoms with E-state index < -0.39 is 0 Å². The van der Waals surface area contributed by atoms with Crippen LogP contribution in [0.2, 0.25) is 0 Å². The Hall–Kier alpha value is -4.14. The highest BCUT2D eigenvalue weighted by Gasteiger charge is 2.32. The number of nitrogens with two attached hydrogens (primary N) is 1. The highest BCUT2D eigenvalue weighted by atomic mass is 16.7. The summed E-state index contributed by atoms with van der Waals surface area (Å²) in [4.78, 5) is 23.9. The first-order valence-electron chi connectivity index (χ1n) is 15.0. The molecule has 7 rings (SSSR count). The lowest BCUT2D eigenvalue weighted by atomic mass is 9.99. The SMILES string of the molecule is NCc1ccc(CNc2cc(C(=O)N3CCC[C@H]3CN3CCCC3)c3cc(-c4ccc5c(c4)OCO5)ccc3n2)cc1. The molecule has 2 fully saturated rings. The number of fused-ring (bicyclic) bond motifs is 2. The molecule has 1 aromatic heterocycles. The minimum atomic E-state index is 0.0854. The summed E-state index contributed by atoms with van der Waals surface area (Å²) in [6, 6.07) is 22.6. The van der Waals surface area contributed by atoms with Gasteiger partial charge in [-0.1, -0.05) is 36.4 Å². The Morgan fingerprint density at radius 2 is 1.64 bits per heavy atom. The van der Waals surface area contributed by atoms with Crippen LogP contribution in [0.15, 0.2) is 66.7 Å². The number of hydrogen-bond donors (Lipinski definition) is 2. The van der Waals surface area contributed by atoms with E-state index in [4.69, 9.17) is 20.2 Å². The molecule has 4 heterocycles.